The van der Waals surface area contributed by atoms with Gasteiger partial charge in [0.2, 0.25) is 0 Å². The number of carbonyl (C=O) groups excluding carboxylic acids is 2. The monoisotopic (exact) mass is 699 g/mol. The minimum absolute atomic E-state index is 0.0561. The van der Waals surface area contributed by atoms with E-state index in [4.69, 9.17) is 14.2 Å². The summed E-state index contributed by atoms with van der Waals surface area (Å²) >= 11 is 0. The van der Waals surface area contributed by atoms with Gasteiger partial charge < -0.3 is 14.2 Å². The fourth-order valence-electron chi connectivity index (χ4n) is 5.48. The average molecular weight is 699 g/mol. The van der Waals surface area contributed by atoms with E-state index in [9.17, 15) is 9.59 Å². The van der Waals surface area contributed by atoms with E-state index < -0.39 is 6.10 Å². The molecule has 0 fully saturated rings. The van der Waals surface area contributed by atoms with Gasteiger partial charge in [-0.2, -0.15) is 0 Å². The molecule has 1 atom stereocenters. The lowest BCUT2D eigenvalue weighted by Crippen LogP contribution is -2.30. The van der Waals surface area contributed by atoms with Gasteiger partial charge >= 0.3 is 11.9 Å². The Hall–Kier alpha value is -2.40. The zero-order valence-corrected chi connectivity index (χ0v) is 32.9. The van der Waals surface area contributed by atoms with Crippen LogP contribution >= 0.6 is 0 Å². The van der Waals surface area contributed by atoms with E-state index in [0.717, 1.165) is 77.0 Å². The molecule has 0 aliphatic carbocycles. The minimum Gasteiger partial charge on any atom is -0.462 e. The van der Waals surface area contributed by atoms with Gasteiger partial charge in [0.25, 0.3) is 0 Å². The summed E-state index contributed by atoms with van der Waals surface area (Å²) < 4.78 is 17.1. The van der Waals surface area contributed by atoms with Crippen LogP contribution in [0.5, 0.6) is 0 Å². The van der Waals surface area contributed by atoms with Crippen molar-refractivity contribution >= 4 is 11.9 Å². The number of ether oxygens (including phenoxy) is 3. The molecule has 5 heteroatoms. The molecule has 1 unspecified atom stereocenters. The molecule has 0 radical (unpaired) electrons. The molecule has 0 spiro atoms. The van der Waals surface area contributed by atoms with Crippen LogP contribution in [0.3, 0.4) is 0 Å². The molecule has 0 saturated carbocycles. The first kappa shape index (κ1) is 47.6. The molecule has 50 heavy (non-hydrogen) atoms. The molecule has 0 amide bonds. The normalized spacial score (nSPS) is 12.8. The van der Waals surface area contributed by atoms with Crippen LogP contribution in [0.15, 0.2) is 60.8 Å². The third-order valence-electron chi connectivity index (χ3n) is 8.57. The van der Waals surface area contributed by atoms with Crippen molar-refractivity contribution in [2.24, 2.45) is 0 Å². The highest BCUT2D eigenvalue weighted by Gasteiger charge is 2.17. The molecule has 0 aliphatic heterocycles. The van der Waals surface area contributed by atoms with E-state index in [1.807, 2.05) is 0 Å². The molecule has 288 valence electrons. The third kappa shape index (κ3) is 38.4. The number of hydrogen-bond acceptors (Lipinski definition) is 5. The highest BCUT2D eigenvalue weighted by atomic mass is 16.6. The van der Waals surface area contributed by atoms with E-state index in [1.165, 1.54) is 77.0 Å². The first-order valence-corrected chi connectivity index (χ1v) is 20.8. The summed E-state index contributed by atoms with van der Waals surface area (Å²) in [5.41, 5.74) is 0. The quantitative estimate of drug-likeness (QED) is 0.0367. The van der Waals surface area contributed by atoms with Crippen LogP contribution in [0, 0.1) is 0 Å². The zero-order chi connectivity index (χ0) is 36.4. The Morgan fingerprint density at radius 1 is 0.460 bits per heavy atom. The first-order valence-electron chi connectivity index (χ1n) is 20.8. The van der Waals surface area contributed by atoms with Gasteiger partial charge in [0, 0.05) is 19.4 Å². The second-order valence-corrected chi connectivity index (χ2v) is 13.5. The van der Waals surface area contributed by atoms with Crippen molar-refractivity contribution in [2.45, 2.75) is 194 Å². The molecule has 0 aromatic carbocycles. The van der Waals surface area contributed by atoms with Gasteiger partial charge in [0.15, 0.2) is 6.10 Å². The first-order chi connectivity index (χ1) is 24.6. The van der Waals surface area contributed by atoms with Gasteiger partial charge in [-0.1, -0.05) is 178 Å². The standard InChI is InChI=1S/C45H78O5/c1-4-7-10-13-15-17-19-21-22-23-24-25-26-28-30-33-35-38-44(46)49-42-43(50-45(47)39-36-32-12-9-6-3)41-48-40-37-34-31-29-27-20-18-16-14-11-8-5-2/h7,10,15,17,21-22,24-25,28,30,43H,4-6,8-9,11-14,16,18-20,23,26-27,29,31-42H2,1-3H3/b10-7-,17-15-,22-21-,25-24-,30-28-. The molecular weight excluding hydrogens is 620 g/mol. The van der Waals surface area contributed by atoms with Crippen LogP contribution in [0.1, 0.15) is 188 Å². The Kier molecular flexibility index (Phi) is 39.1. The number of rotatable bonds is 37. The summed E-state index contributed by atoms with van der Waals surface area (Å²) in [6, 6.07) is 0. The summed E-state index contributed by atoms with van der Waals surface area (Å²) in [4.78, 5) is 24.9. The number of esters is 2. The predicted molar refractivity (Wildman–Crippen MR) is 214 cm³/mol. The Bertz CT molecular complexity index is 884. The molecule has 0 bridgehead atoms. The van der Waals surface area contributed by atoms with Crippen molar-refractivity contribution in [1.29, 1.82) is 0 Å². The Balaban J connectivity index is 4.19. The zero-order valence-electron chi connectivity index (χ0n) is 32.9. The lowest BCUT2D eigenvalue weighted by molar-refractivity contribution is -0.163. The maximum absolute atomic E-state index is 12.5. The fraction of sp³-hybridized carbons (Fsp3) is 0.733. The predicted octanol–water partition coefficient (Wildman–Crippen LogP) is 13.4. The van der Waals surface area contributed by atoms with Crippen LogP contribution in [-0.4, -0.2) is 37.9 Å². The summed E-state index contributed by atoms with van der Waals surface area (Å²) in [5.74, 6) is -0.478. The fourth-order valence-corrected chi connectivity index (χ4v) is 5.48. The Morgan fingerprint density at radius 2 is 0.900 bits per heavy atom. The van der Waals surface area contributed by atoms with Crippen LogP contribution in [0.4, 0.5) is 0 Å². The van der Waals surface area contributed by atoms with Crippen LogP contribution in [-0.2, 0) is 23.8 Å². The van der Waals surface area contributed by atoms with Crippen LogP contribution in [0.25, 0.3) is 0 Å². The van der Waals surface area contributed by atoms with Gasteiger partial charge in [-0.3, -0.25) is 9.59 Å². The topological polar surface area (TPSA) is 61.8 Å². The summed E-state index contributed by atoms with van der Waals surface area (Å²) in [7, 11) is 0. The van der Waals surface area contributed by atoms with Crippen molar-refractivity contribution in [3.05, 3.63) is 60.8 Å². The summed E-state index contributed by atoms with van der Waals surface area (Å²) in [6.07, 6.45) is 49.6. The maximum Gasteiger partial charge on any atom is 0.306 e. The number of carbonyl (C=O) groups is 2. The van der Waals surface area contributed by atoms with Crippen LogP contribution in [0.2, 0.25) is 0 Å². The highest BCUT2D eigenvalue weighted by molar-refractivity contribution is 5.70. The molecule has 0 aromatic heterocycles. The average Bonchev–Trinajstić information content (AvgIpc) is 3.11. The molecule has 5 nitrogen and oxygen atoms in total. The van der Waals surface area contributed by atoms with Crippen molar-refractivity contribution in [3.8, 4) is 0 Å². The summed E-state index contributed by atoms with van der Waals surface area (Å²) in [6.45, 7) is 7.57. The second kappa shape index (κ2) is 41.0. The largest absolute Gasteiger partial charge is 0.462 e. The number of allylic oxidation sites excluding steroid dienone is 10. The maximum atomic E-state index is 12.5. The van der Waals surface area contributed by atoms with Crippen molar-refractivity contribution < 1.29 is 23.8 Å². The van der Waals surface area contributed by atoms with E-state index in [0.29, 0.717) is 19.4 Å². The lowest BCUT2D eigenvalue weighted by Gasteiger charge is -2.18. The van der Waals surface area contributed by atoms with E-state index in [2.05, 4.69) is 81.5 Å². The minimum atomic E-state index is -0.551. The molecule has 0 aliphatic rings. The van der Waals surface area contributed by atoms with Crippen molar-refractivity contribution in [1.82, 2.24) is 0 Å². The lowest BCUT2D eigenvalue weighted by atomic mass is 10.1. The second-order valence-electron chi connectivity index (χ2n) is 13.5. The Labute approximate surface area is 309 Å². The summed E-state index contributed by atoms with van der Waals surface area (Å²) in [5, 5.41) is 0. The SMILES string of the molecule is CC/C=C\C/C=C\C/C=C\C/C=C\C/C=C\CCCC(=O)OCC(COCCCCCCCCCCCCCC)OC(=O)CCCCCCC. The van der Waals surface area contributed by atoms with Gasteiger partial charge in [0.05, 0.1) is 6.61 Å². The van der Waals surface area contributed by atoms with Crippen molar-refractivity contribution in [3.63, 3.8) is 0 Å². The van der Waals surface area contributed by atoms with Gasteiger partial charge in [-0.25, -0.2) is 0 Å². The molecular formula is C45H78O5. The van der Waals surface area contributed by atoms with E-state index in [-0.39, 0.29) is 25.2 Å². The van der Waals surface area contributed by atoms with Crippen LogP contribution < -0.4 is 0 Å². The highest BCUT2D eigenvalue weighted by Crippen LogP contribution is 2.13. The van der Waals surface area contributed by atoms with Gasteiger partial charge in [-0.15, -0.1) is 0 Å². The van der Waals surface area contributed by atoms with E-state index >= 15 is 0 Å². The van der Waals surface area contributed by atoms with Crippen molar-refractivity contribution in [2.75, 3.05) is 19.8 Å². The third-order valence-corrected chi connectivity index (χ3v) is 8.57. The smallest absolute Gasteiger partial charge is 0.306 e. The Morgan fingerprint density at radius 3 is 1.42 bits per heavy atom. The molecule has 0 heterocycles. The molecule has 0 saturated heterocycles. The van der Waals surface area contributed by atoms with Gasteiger partial charge in [-0.05, 0) is 57.8 Å². The van der Waals surface area contributed by atoms with E-state index in [1.54, 1.807) is 0 Å². The molecule has 0 aromatic rings. The number of hydrogen-bond donors (Lipinski definition) is 0. The number of unbranched alkanes of at least 4 members (excludes halogenated alkanes) is 16. The van der Waals surface area contributed by atoms with Gasteiger partial charge in [0.1, 0.15) is 6.61 Å². The molecule has 0 N–H and O–H groups in total. The molecule has 0 rings (SSSR count).